The predicted octanol–water partition coefficient (Wildman–Crippen LogP) is 1.90. The molecular weight excluding hydrogens is 471 g/mol. The summed E-state index contributed by atoms with van der Waals surface area (Å²) in [5.41, 5.74) is 0.162. The Balaban J connectivity index is 1.26. The van der Waals surface area contributed by atoms with Crippen molar-refractivity contribution in [3.05, 3.63) is 42.2 Å². The topological polar surface area (TPSA) is 136 Å². The Morgan fingerprint density at radius 1 is 1.20 bits per heavy atom. The van der Waals surface area contributed by atoms with Crippen molar-refractivity contribution in [1.82, 2.24) is 30.2 Å². The number of rotatable bonds is 5. The first-order chi connectivity index (χ1) is 16.6. The van der Waals surface area contributed by atoms with Crippen LogP contribution in [0.5, 0.6) is 0 Å². The second kappa shape index (κ2) is 8.70. The van der Waals surface area contributed by atoms with Gasteiger partial charge in [-0.2, -0.15) is 13.2 Å². The number of aromatic amines is 1. The van der Waals surface area contributed by atoms with Gasteiger partial charge in [-0.25, -0.2) is 9.97 Å². The summed E-state index contributed by atoms with van der Waals surface area (Å²) in [6, 6.07) is 1.18. The summed E-state index contributed by atoms with van der Waals surface area (Å²) in [6.45, 7) is 3.62. The first kappa shape index (κ1) is 23.4. The average Bonchev–Trinajstić information content (AvgIpc) is 3.40. The molecule has 0 unspecified atom stereocenters. The van der Waals surface area contributed by atoms with E-state index in [0.29, 0.717) is 17.4 Å². The molecule has 3 aromatic rings. The number of nitrogens with one attached hydrogen (secondary N) is 3. The molecule has 3 aromatic heterocycles. The number of fused-ring (bicyclic) bond motifs is 2. The number of nitrogens with zero attached hydrogens (tertiary/aromatic N) is 4. The van der Waals surface area contributed by atoms with Gasteiger partial charge in [-0.3, -0.25) is 14.8 Å². The number of hydrogen-bond donors (Lipinski definition) is 3. The van der Waals surface area contributed by atoms with Crippen LogP contribution in [0.3, 0.4) is 0 Å². The Labute approximate surface area is 196 Å². The third-order valence-corrected chi connectivity index (χ3v) is 5.63. The van der Waals surface area contributed by atoms with Crippen molar-refractivity contribution in [2.75, 3.05) is 18.5 Å². The zero-order valence-corrected chi connectivity index (χ0v) is 18.7. The molecule has 0 bridgehead atoms. The zero-order chi connectivity index (χ0) is 24.8. The maximum Gasteiger partial charge on any atom is 0.434 e. The summed E-state index contributed by atoms with van der Waals surface area (Å²) >= 11 is 0. The highest BCUT2D eigenvalue weighted by molar-refractivity contribution is 5.93. The van der Waals surface area contributed by atoms with Crippen molar-refractivity contribution in [1.29, 1.82) is 0 Å². The van der Waals surface area contributed by atoms with Gasteiger partial charge in [0.05, 0.1) is 31.2 Å². The lowest BCUT2D eigenvalue weighted by molar-refractivity contribution is -0.153. The number of amides is 1. The number of ether oxygens (including phenoxy) is 3. The molecule has 3 N–H and O–H groups in total. The fourth-order valence-corrected chi connectivity index (χ4v) is 4.11. The van der Waals surface area contributed by atoms with E-state index >= 15 is 0 Å². The number of H-pyrrole nitrogens is 1. The van der Waals surface area contributed by atoms with Gasteiger partial charge in [0.1, 0.15) is 35.3 Å². The van der Waals surface area contributed by atoms with Crippen molar-refractivity contribution >= 4 is 22.9 Å². The van der Waals surface area contributed by atoms with Crippen LogP contribution in [0.25, 0.3) is 11.2 Å². The minimum absolute atomic E-state index is 0.0643. The van der Waals surface area contributed by atoms with Crippen LogP contribution < -0.4 is 10.6 Å². The number of alkyl halides is 3. The van der Waals surface area contributed by atoms with Gasteiger partial charge in [0, 0.05) is 12.7 Å². The second-order valence-electron chi connectivity index (χ2n) is 8.65. The molecule has 2 saturated heterocycles. The molecule has 2 aliphatic heterocycles. The molecule has 0 aromatic carbocycles. The quantitative estimate of drug-likeness (QED) is 0.487. The van der Waals surface area contributed by atoms with E-state index < -0.39 is 47.9 Å². The molecule has 0 aliphatic carbocycles. The van der Waals surface area contributed by atoms with Crippen molar-refractivity contribution in [3.63, 3.8) is 0 Å². The fourth-order valence-electron chi connectivity index (χ4n) is 4.11. The molecule has 2 aliphatic rings. The van der Waals surface area contributed by atoms with Gasteiger partial charge in [-0.05, 0) is 19.9 Å². The molecule has 14 heteroatoms. The molecule has 35 heavy (non-hydrogen) atoms. The Morgan fingerprint density at radius 2 is 2.00 bits per heavy atom. The van der Waals surface area contributed by atoms with E-state index in [2.05, 4.69) is 35.6 Å². The monoisotopic (exact) mass is 493 g/mol. The molecule has 11 nitrogen and oxygen atoms in total. The smallest absolute Gasteiger partial charge is 0.371 e. The molecule has 0 saturated carbocycles. The first-order valence-electron chi connectivity index (χ1n) is 10.8. The van der Waals surface area contributed by atoms with Gasteiger partial charge in [0.25, 0.3) is 5.91 Å². The molecule has 5 heterocycles. The molecule has 1 amide bonds. The van der Waals surface area contributed by atoms with E-state index in [1.54, 1.807) is 26.1 Å². The number of hydrogen-bond acceptors (Lipinski definition) is 9. The lowest BCUT2D eigenvalue weighted by atomic mass is 9.98. The van der Waals surface area contributed by atoms with Crippen LogP contribution in [0.15, 0.2) is 30.9 Å². The first-order valence-corrected chi connectivity index (χ1v) is 10.8. The van der Waals surface area contributed by atoms with Crippen molar-refractivity contribution in [2.45, 2.75) is 50.2 Å². The molecule has 0 spiro atoms. The highest BCUT2D eigenvalue weighted by Gasteiger charge is 2.52. The van der Waals surface area contributed by atoms with Crippen LogP contribution in [0.4, 0.5) is 19.0 Å². The molecule has 186 valence electrons. The minimum atomic E-state index is -4.62. The number of aromatic nitrogens is 5. The summed E-state index contributed by atoms with van der Waals surface area (Å²) in [4.78, 5) is 31.2. The number of carbonyl (C=O) groups is 1. The van der Waals surface area contributed by atoms with Crippen molar-refractivity contribution < 1.29 is 32.2 Å². The average molecular weight is 493 g/mol. The molecule has 2 fully saturated rings. The van der Waals surface area contributed by atoms with Crippen LogP contribution in [-0.2, 0) is 20.4 Å². The fraction of sp³-hybridized carbons (Fsp3) is 0.476. The number of anilines is 1. The Hall–Kier alpha value is -3.36. The summed E-state index contributed by atoms with van der Waals surface area (Å²) in [5, 5.41) is 5.69. The third-order valence-electron chi connectivity index (χ3n) is 5.63. The third kappa shape index (κ3) is 4.90. The summed E-state index contributed by atoms with van der Waals surface area (Å²) < 4.78 is 57.0. The van der Waals surface area contributed by atoms with Gasteiger partial charge in [0.15, 0.2) is 17.1 Å². The maximum absolute atomic E-state index is 13.0. The van der Waals surface area contributed by atoms with Crippen LogP contribution >= 0.6 is 0 Å². The zero-order valence-electron chi connectivity index (χ0n) is 18.7. The molecular formula is C21H22F3N7O4. The van der Waals surface area contributed by atoms with Gasteiger partial charge < -0.3 is 29.8 Å². The van der Waals surface area contributed by atoms with E-state index in [1.807, 2.05) is 0 Å². The number of halogens is 3. The van der Waals surface area contributed by atoms with Crippen molar-refractivity contribution in [2.24, 2.45) is 0 Å². The van der Waals surface area contributed by atoms with E-state index in [-0.39, 0.29) is 24.7 Å². The molecule has 5 rings (SSSR count). The van der Waals surface area contributed by atoms with Crippen LogP contribution in [0.2, 0.25) is 0 Å². The largest absolute Gasteiger partial charge is 0.434 e. The van der Waals surface area contributed by atoms with Gasteiger partial charge in [-0.15, -0.1) is 0 Å². The van der Waals surface area contributed by atoms with Crippen LogP contribution in [0.1, 0.15) is 30.0 Å². The van der Waals surface area contributed by atoms with Gasteiger partial charge in [0.2, 0.25) is 0 Å². The van der Waals surface area contributed by atoms with Crippen LogP contribution in [-0.4, -0.2) is 74.1 Å². The lowest BCUT2D eigenvalue weighted by Gasteiger charge is -2.37. The number of carbonyl (C=O) groups excluding carboxylic acids is 1. The Morgan fingerprint density at radius 3 is 2.80 bits per heavy atom. The lowest BCUT2D eigenvalue weighted by Crippen LogP contribution is -2.57. The summed E-state index contributed by atoms with van der Waals surface area (Å²) in [7, 11) is 0. The highest BCUT2D eigenvalue weighted by Crippen LogP contribution is 2.36. The highest BCUT2D eigenvalue weighted by atomic mass is 19.4. The Bertz CT molecular complexity index is 1230. The Kier molecular flexibility index (Phi) is 5.81. The predicted molar refractivity (Wildman–Crippen MR) is 114 cm³/mol. The van der Waals surface area contributed by atoms with Gasteiger partial charge in [-0.1, -0.05) is 0 Å². The SMILES string of the molecule is CC1(C)O[C@@H]2[C@H](O1)[C@@H](Nc1cncc(C(F)(F)F)n1)CO[C@@H]2CNC(=O)c1cnc2cc[nH]c2n1. The van der Waals surface area contributed by atoms with E-state index in [1.165, 1.54) is 12.4 Å². The van der Waals surface area contributed by atoms with Crippen LogP contribution in [0, 0.1) is 0 Å². The summed E-state index contributed by atoms with van der Waals surface area (Å²) in [5.74, 6) is -1.47. The van der Waals surface area contributed by atoms with E-state index in [0.717, 1.165) is 0 Å². The molecule has 4 atom stereocenters. The van der Waals surface area contributed by atoms with Crippen molar-refractivity contribution in [3.8, 4) is 0 Å². The standard InChI is InChI=1S/C21H22F3N7O4/c1-20(2)34-16-12(29-15-8-25-7-14(31-15)21(22,23)24)9-33-13(17(16)35-20)6-28-19(32)11-5-27-10-3-4-26-18(10)30-11/h3-5,7-8,12-13,16-17H,6,9H2,1-2H3,(H,26,30)(H,28,32)(H,29,31)/t12-,13+,16+,17-/m0/s1. The normalized spacial score (nSPS) is 25.9. The van der Waals surface area contributed by atoms with E-state index in [9.17, 15) is 18.0 Å². The molecule has 0 radical (unpaired) electrons. The minimum Gasteiger partial charge on any atom is -0.371 e. The maximum atomic E-state index is 13.0. The summed E-state index contributed by atoms with van der Waals surface area (Å²) in [6.07, 6.45) is -1.47. The second-order valence-corrected chi connectivity index (χ2v) is 8.65. The van der Waals surface area contributed by atoms with E-state index in [4.69, 9.17) is 14.2 Å². The van der Waals surface area contributed by atoms with Gasteiger partial charge >= 0.3 is 6.18 Å².